The molecule has 0 radical (unpaired) electrons. The van der Waals surface area contributed by atoms with Crippen LogP contribution in [-0.2, 0) is 4.79 Å². The summed E-state index contributed by atoms with van der Waals surface area (Å²) in [6.07, 6.45) is 1.61. The summed E-state index contributed by atoms with van der Waals surface area (Å²) in [6.45, 7) is 1.95. The van der Waals surface area contributed by atoms with Gasteiger partial charge in [0.1, 0.15) is 5.78 Å². The molecule has 0 spiro atoms. The van der Waals surface area contributed by atoms with Crippen LogP contribution in [0.1, 0.15) is 19.8 Å². The van der Waals surface area contributed by atoms with Crippen LogP contribution in [0.4, 0.5) is 0 Å². The lowest BCUT2D eigenvalue weighted by molar-refractivity contribution is -0.129. The van der Waals surface area contributed by atoms with E-state index < -0.39 is 0 Å². The minimum atomic E-state index is -0.284. The molecule has 0 saturated heterocycles. The first-order chi connectivity index (χ1) is 5.08. The number of alkyl halides is 2. The summed E-state index contributed by atoms with van der Waals surface area (Å²) in [5.74, 6) is 0.651. The molecule has 62 valence electrons. The lowest BCUT2D eigenvalue weighted by atomic mass is 9.62. The summed E-state index contributed by atoms with van der Waals surface area (Å²) < 4.78 is 0. The van der Waals surface area contributed by atoms with Crippen molar-refractivity contribution in [2.75, 3.05) is 0 Å². The predicted octanol–water partition coefficient (Wildman–Crippen LogP) is 2.20. The molecule has 0 aromatic carbocycles. The molecule has 2 fully saturated rings. The Labute approximate surface area is 76.1 Å². The average Bonchev–Trinajstić information content (AvgIpc) is 2.27. The number of fused-ring (bicyclic) bond motifs is 1. The van der Waals surface area contributed by atoms with Gasteiger partial charge in [0.05, 0.1) is 10.8 Å². The highest BCUT2D eigenvalue weighted by molar-refractivity contribution is 6.34. The van der Waals surface area contributed by atoms with Crippen molar-refractivity contribution < 1.29 is 4.79 Å². The maximum Gasteiger partial charge on any atom is 0.140 e. The Balaban J connectivity index is 2.30. The maximum atomic E-state index is 11.4. The zero-order chi connectivity index (χ0) is 8.22. The number of carbonyl (C=O) groups excluding carboxylic acids is 1. The number of hydrogen-bond acceptors (Lipinski definition) is 1. The number of halogens is 2. The second kappa shape index (κ2) is 2.14. The number of rotatable bonds is 0. The maximum absolute atomic E-state index is 11.4. The molecule has 0 aliphatic heterocycles. The first-order valence-corrected chi connectivity index (χ1v) is 4.77. The first kappa shape index (κ1) is 7.88. The molecule has 0 aromatic heterocycles. The van der Waals surface area contributed by atoms with Gasteiger partial charge in [0.15, 0.2) is 0 Å². The SMILES string of the molecule is C[C@]12C(=O)CC[C@H]1[C@H](Cl)[C@@H]2Cl. The van der Waals surface area contributed by atoms with Crippen LogP contribution >= 0.6 is 23.2 Å². The molecule has 2 aliphatic carbocycles. The van der Waals surface area contributed by atoms with Gasteiger partial charge in [0.2, 0.25) is 0 Å². The monoisotopic (exact) mass is 192 g/mol. The van der Waals surface area contributed by atoms with Crippen molar-refractivity contribution >= 4 is 29.0 Å². The van der Waals surface area contributed by atoms with Gasteiger partial charge >= 0.3 is 0 Å². The molecule has 1 nitrogen and oxygen atoms in total. The molecule has 0 heterocycles. The third kappa shape index (κ3) is 0.714. The van der Waals surface area contributed by atoms with E-state index in [4.69, 9.17) is 23.2 Å². The average molecular weight is 193 g/mol. The second-order valence-electron chi connectivity index (χ2n) is 3.70. The normalized spacial score (nSPS) is 55.5. The van der Waals surface area contributed by atoms with Gasteiger partial charge in [0, 0.05) is 11.8 Å². The lowest BCUT2D eigenvalue weighted by Gasteiger charge is -2.49. The van der Waals surface area contributed by atoms with E-state index in [-0.39, 0.29) is 16.2 Å². The van der Waals surface area contributed by atoms with E-state index in [1.165, 1.54) is 0 Å². The molecule has 2 aliphatic rings. The van der Waals surface area contributed by atoms with E-state index in [2.05, 4.69) is 0 Å². The molecule has 0 bridgehead atoms. The molecule has 2 rings (SSSR count). The molecular weight excluding hydrogens is 183 g/mol. The fourth-order valence-electron chi connectivity index (χ4n) is 2.33. The number of carbonyl (C=O) groups is 1. The number of Topliss-reactive ketones (excluding diaryl/α,β-unsaturated/α-hetero) is 1. The Hall–Kier alpha value is 0.250. The van der Waals surface area contributed by atoms with E-state index in [9.17, 15) is 4.79 Å². The Bertz CT molecular complexity index is 216. The van der Waals surface area contributed by atoms with Crippen LogP contribution in [0.25, 0.3) is 0 Å². The summed E-state index contributed by atoms with van der Waals surface area (Å²) in [7, 11) is 0. The van der Waals surface area contributed by atoms with E-state index in [0.29, 0.717) is 18.1 Å². The Morgan fingerprint density at radius 3 is 2.73 bits per heavy atom. The second-order valence-corrected chi connectivity index (χ2v) is 4.67. The number of hydrogen-bond donors (Lipinski definition) is 0. The van der Waals surface area contributed by atoms with Gasteiger partial charge in [-0.05, 0) is 12.3 Å². The Morgan fingerprint density at radius 1 is 1.55 bits per heavy atom. The van der Waals surface area contributed by atoms with Gasteiger partial charge in [-0.25, -0.2) is 0 Å². The van der Waals surface area contributed by atoms with Crippen LogP contribution in [0.2, 0.25) is 0 Å². The van der Waals surface area contributed by atoms with Crippen molar-refractivity contribution in [3.05, 3.63) is 0 Å². The quantitative estimate of drug-likeness (QED) is 0.539. The van der Waals surface area contributed by atoms with Crippen molar-refractivity contribution in [2.24, 2.45) is 11.3 Å². The highest BCUT2D eigenvalue weighted by Crippen LogP contribution is 2.59. The van der Waals surface area contributed by atoms with E-state index in [1.807, 2.05) is 6.92 Å². The smallest absolute Gasteiger partial charge is 0.140 e. The summed E-state index contributed by atoms with van der Waals surface area (Å²) in [5.41, 5.74) is -0.284. The van der Waals surface area contributed by atoms with Gasteiger partial charge in [-0.1, -0.05) is 6.92 Å². The fraction of sp³-hybridized carbons (Fsp3) is 0.875. The minimum Gasteiger partial charge on any atom is -0.299 e. The summed E-state index contributed by atoms with van der Waals surface area (Å²) in [4.78, 5) is 11.4. The zero-order valence-electron chi connectivity index (χ0n) is 6.31. The Morgan fingerprint density at radius 2 is 2.18 bits per heavy atom. The summed E-state index contributed by atoms with van der Waals surface area (Å²) >= 11 is 12.0. The van der Waals surface area contributed by atoms with Crippen LogP contribution in [0.5, 0.6) is 0 Å². The van der Waals surface area contributed by atoms with Crippen molar-refractivity contribution in [3.8, 4) is 0 Å². The van der Waals surface area contributed by atoms with Crippen LogP contribution in [0, 0.1) is 11.3 Å². The van der Waals surface area contributed by atoms with E-state index in [0.717, 1.165) is 6.42 Å². The Kier molecular flexibility index (Phi) is 1.53. The summed E-state index contributed by atoms with van der Waals surface area (Å²) in [5, 5.41) is -0.114. The van der Waals surface area contributed by atoms with Crippen LogP contribution in [0.15, 0.2) is 0 Å². The third-order valence-corrected chi connectivity index (χ3v) is 4.70. The van der Waals surface area contributed by atoms with E-state index in [1.54, 1.807) is 0 Å². The van der Waals surface area contributed by atoms with Gasteiger partial charge in [-0.2, -0.15) is 0 Å². The molecule has 3 heteroatoms. The topological polar surface area (TPSA) is 17.1 Å². The standard InChI is InChI=1S/C8H10Cl2O/c1-8-4(2-3-5(8)11)6(9)7(8)10/h4,6-7H,2-3H2,1H3/t4-,6-,7-,8+/m0/s1. The van der Waals surface area contributed by atoms with Gasteiger partial charge in [0.25, 0.3) is 0 Å². The summed E-state index contributed by atoms with van der Waals surface area (Å²) in [6, 6.07) is 0. The molecule has 0 unspecified atom stereocenters. The lowest BCUT2D eigenvalue weighted by Crippen LogP contribution is -2.58. The fourth-order valence-corrected chi connectivity index (χ4v) is 3.44. The van der Waals surface area contributed by atoms with Crippen molar-refractivity contribution in [2.45, 2.75) is 30.5 Å². The van der Waals surface area contributed by atoms with E-state index >= 15 is 0 Å². The zero-order valence-corrected chi connectivity index (χ0v) is 7.82. The van der Waals surface area contributed by atoms with Crippen molar-refractivity contribution in [1.29, 1.82) is 0 Å². The molecule has 2 saturated carbocycles. The van der Waals surface area contributed by atoms with Gasteiger partial charge in [-0.15, -0.1) is 23.2 Å². The number of ketones is 1. The van der Waals surface area contributed by atoms with Crippen LogP contribution in [-0.4, -0.2) is 16.5 Å². The molecule has 11 heavy (non-hydrogen) atoms. The first-order valence-electron chi connectivity index (χ1n) is 3.90. The molecule has 0 amide bonds. The van der Waals surface area contributed by atoms with Crippen LogP contribution in [0.3, 0.4) is 0 Å². The third-order valence-electron chi connectivity index (χ3n) is 3.29. The highest BCUT2D eigenvalue weighted by atomic mass is 35.5. The molecular formula is C8H10Cl2O. The largest absolute Gasteiger partial charge is 0.299 e. The highest BCUT2D eigenvalue weighted by Gasteiger charge is 2.64. The molecule has 4 atom stereocenters. The molecule has 0 N–H and O–H groups in total. The van der Waals surface area contributed by atoms with Crippen molar-refractivity contribution in [1.82, 2.24) is 0 Å². The molecule has 0 aromatic rings. The predicted molar refractivity (Wildman–Crippen MR) is 45.1 cm³/mol. The van der Waals surface area contributed by atoms with Crippen LogP contribution < -0.4 is 0 Å². The van der Waals surface area contributed by atoms with Gasteiger partial charge < -0.3 is 0 Å². The van der Waals surface area contributed by atoms with Gasteiger partial charge in [-0.3, -0.25) is 4.79 Å². The van der Waals surface area contributed by atoms with Crippen molar-refractivity contribution in [3.63, 3.8) is 0 Å². The minimum absolute atomic E-state index is 0.0214.